The molecular weight excluding hydrogens is 278 g/mol. The summed E-state index contributed by atoms with van der Waals surface area (Å²) in [6, 6.07) is 6.01. The summed E-state index contributed by atoms with van der Waals surface area (Å²) in [5.41, 5.74) is 5.96. The Kier molecular flexibility index (Phi) is 3.99. The average molecular weight is 295 g/mol. The van der Waals surface area contributed by atoms with Gasteiger partial charge in [0.15, 0.2) is 0 Å². The van der Waals surface area contributed by atoms with Crippen molar-refractivity contribution in [2.24, 2.45) is 5.41 Å². The number of rotatable bonds is 6. The smallest absolute Gasteiger partial charge is 0.242 e. The van der Waals surface area contributed by atoms with Crippen molar-refractivity contribution >= 4 is 15.7 Å². The van der Waals surface area contributed by atoms with Crippen LogP contribution in [0.4, 0.5) is 5.69 Å². The Morgan fingerprint density at radius 2 is 2.15 bits per heavy atom. The second-order valence-corrected chi connectivity index (χ2v) is 6.90. The Morgan fingerprint density at radius 3 is 2.65 bits per heavy atom. The van der Waals surface area contributed by atoms with Crippen LogP contribution in [-0.4, -0.2) is 26.7 Å². The van der Waals surface area contributed by atoms with Crippen LogP contribution in [0.15, 0.2) is 23.1 Å². The first-order valence-electron chi connectivity index (χ1n) is 6.33. The second kappa shape index (κ2) is 5.40. The molecule has 2 rings (SSSR count). The van der Waals surface area contributed by atoms with E-state index >= 15 is 0 Å². The minimum absolute atomic E-state index is 0.0173. The molecule has 1 saturated carbocycles. The van der Waals surface area contributed by atoms with Gasteiger partial charge in [-0.05, 0) is 42.9 Å². The van der Waals surface area contributed by atoms with Gasteiger partial charge in [-0.25, -0.2) is 13.1 Å². The molecule has 20 heavy (non-hydrogen) atoms. The fraction of sp³-hybridized carbons (Fsp3) is 0.462. The van der Waals surface area contributed by atoms with E-state index in [0.717, 1.165) is 12.8 Å². The zero-order valence-electron chi connectivity index (χ0n) is 11.0. The van der Waals surface area contributed by atoms with Gasteiger partial charge in [-0.3, -0.25) is 0 Å². The van der Waals surface area contributed by atoms with Crippen LogP contribution in [0.1, 0.15) is 24.8 Å². The third-order valence-electron chi connectivity index (χ3n) is 3.66. The van der Waals surface area contributed by atoms with Gasteiger partial charge in [0.25, 0.3) is 0 Å². The van der Waals surface area contributed by atoms with E-state index in [1.165, 1.54) is 18.2 Å². The summed E-state index contributed by atoms with van der Waals surface area (Å²) < 4.78 is 26.9. The maximum absolute atomic E-state index is 12.2. The van der Waals surface area contributed by atoms with Gasteiger partial charge < -0.3 is 10.8 Å². The summed E-state index contributed by atoms with van der Waals surface area (Å²) >= 11 is 0. The van der Waals surface area contributed by atoms with E-state index in [0.29, 0.717) is 18.5 Å². The van der Waals surface area contributed by atoms with E-state index in [1.807, 2.05) is 6.07 Å². The van der Waals surface area contributed by atoms with Crippen molar-refractivity contribution in [1.29, 1.82) is 5.26 Å². The molecule has 0 spiro atoms. The molecule has 0 unspecified atom stereocenters. The van der Waals surface area contributed by atoms with Crippen molar-refractivity contribution in [2.45, 2.75) is 24.2 Å². The number of hydrogen-bond acceptors (Lipinski definition) is 5. The Hall–Kier alpha value is -1.62. The number of nitriles is 1. The highest BCUT2D eigenvalue weighted by Crippen LogP contribution is 2.48. The van der Waals surface area contributed by atoms with Crippen LogP contribution in [0.25, 0.3) is 0 Å². The molecule has 1 aliphatic rings. The van der Waals surface area contributed by atoms with Gasteiger partial charge in [0.2, 0.25) is 10.0 Å². The van der Waals surface area contributed by atoms with Crippen molar-refractivity contribution in [3.63, 3.8) is 0 Å². The molecule has 1 aromatic rings. The molecule has 0 atom stereocenters. The number of aliphatic hydroxyl groups is 1. The molecule has 0 bridgehead atoms. The molecule has 0 aromatic heterocycles. The average Bonchev–Trinajstić information content (AvgIpc) is 3.17. The fourth-order valence-corrected chi connectivity index (χ4v) is 3.39. The number of benzene rings is 1. The Labute approximate surface area is 118 Å². The maximum atomic E-state index is 12.2. The van der Waals surface area contributed by atoms with E-state index in [4.69, 9.17) is 16.1 Å². The van der Waals surface area contributed by atoms with Crippen molar-refractivity contribution in [3.05, 3.63) is 23.8 Å². The molecule has 1 aromatic carbocycles. The number of nitrogens with zero attached hydrogens (tertiary/aromatic N) is 1. The van der Waals surface area contributed by atoms with E-state index in [9.17, 15) is 8.42 Å². The predicted octanol–water partition coefficient (Wildman–Crippen LogP) is 0.581. The van der Waals surface area contributed by atoms with Crippen molar-refractivity contribution in [2.75, 3.05) is 18.9 Å². The highest BCUT2D eigenvalue weighted by atomic mass is 32.2. The molecule has 0 aliphatic heterocycles. The van der Waals surface area contributed by atoms with Crippen molar-refractivity contribution in [3.8, 4) is 6.07 Å². The number of nitrogen functional groups attached to an aromatic ring is 1. The highest BCUT2D eigenvalue weighted by molar-refractivity contribution is 7.89. The molecule has 1 aliphatic carbocycles. The van der Waals surface area contributed by atoms with Gasteiger partial charge in [-0.1, -0.05) is 0 Å². The number of aliphatic hydroxyl groups excluding tert-OH is 1. The summed E-state index contributed by atoms with van der Waals surface area (Å²) in [7, 11) is -3.69. The third kappa shape index (κ3) is 3.10. The van der Waals surface area contributed by atoms with Gasteiger partial charge in [0.1, 0.15) is 4.90 Å². The minimum Gasteiger partial charge on any atom is -0.398 e. The van der Waals surface area contributed by atoms with Gasteiger partial charge in [-0.15, -0.1) is 0 Å². The first-order valence-corrected chi connectivity index (χ1v) is 7.81. The van der Waals surface area contributed by atoms with E-state index in [-0.39, 0.29) is 22.6 Å². The number of hydrogen-bond donors (Lipinski definition) is 3. The van der Waals surface area contributed by atoms with Crippen LogP contribution >= 0.6 is 0 Å². The molecular formula is C13H17N3O3S. The molecule has 0 amide bonds. The molecule has 0 radical (unpaired) electrons. The summed E-state index contributed by atoms with van der Waals surface area (Å²) in [5.74, 6) is 0. The van der Waals surface area contributed by atoms with Crippen LogP contribution in [0, 0.1) is 16.7 Å². The molecule has 0 heterocycles. The number of nitrogens with two attached hydrogens (primary N) is 1. The summed E-state index contributed by atoms with van der Waals surface area (Å²) in [4.78, 5) is -0.0173. The molecule has 6 nitrogen and oxygen atoms in total. The van der Waals surface area contributed by atoms with E-state index in [2.05, 4.69) is 4.72 Å². The van der Waals surface area contributed by atoms with E-state index in [1.54, 1.807) is 0 Å². The van der Waals surface area contributed by atoms with Crippen molar-refractivity contribution in [1.82, 2.24) is 4.72 Å². The van der Waals surface area contributed by atoms with Gasteiger partial charge in [0.05, 0.1) is 17.3 Å². The van der Waals surface area contributed by atoms with Crippen LogP contribution in [0.3, 0.4) is 0 Å². The quantitative estimate of drug-likeness (QED) is 0.664. The lowest BCUT2D eigenvalue weighted by atomic mass is 10.0. The fourth-order valence-electron chi connectivity index (χ4n) is 2.12. The summed E-state index contributed by atoms with van der Waals surface area (Å²) in [6.45, 7) is 0.357. The monoisotopic (exact) mass is 295 g/mol. The van der Waals surface area contributed by atoms with Crippen LogP contribution in [0.2, 0.25) is 0 Å². The van der Waals surface area contributed by atoms with Crippen LogP contribution in [0.5, 0.6) is 0 Å². The first-order chi connectivity index (χ1) is 9.42. The Bertz CT molecular complexity index is 645. The second-order valence-electron chi connectivity index (χ2n) is 5.16. The number of nitrogens with one attached hydrogen (secondary N) is 1. The number of anilines is 1. The molecule has 7 heteroatoms. The van der Waals surface area contributed by atoms with Crippen molar-refractivity contribution < 1.29 is 13.5 Å². The number of sulfonamides is 1. The van der Waals surface area contributed by atoms with Crippen LogP contribution in [-0.2, 0) is 10.0 Å². The minimum atomic E-state index is -3.69. The molecule has 108 valence electrons. The van der Waals surface area contributed by atoms with Gasteiger partial charge >= 0.3 is 0 Å². The third-order valence-corrected chi connectivity index (χ3v) is 5.14. The Balaban J connectivity index is 2.13. The van der Waals surface area contributed by atoms with Gasteiger partial charge in [-0.2, -0.15) is 5.26 Å². The largest absolute Gasteiger partial charge is 0.398 e. The SMILES string of the molecule is N#Cc1ccc(S(=O)(=O)NCC2(CCO)CC2)c(N)c1. The molecule has 0 saturated heterocycles. The first kappa shape index (κ1) is 14.8. The Morgan fingerprint density at radius 1 is 1.45 bits per heavy atom. The van der Waals surface area contributed by atoms with Gasteiger partial charge in [0, 0.05) is 13.2 Å². The highest BCUT2D eigenvalue weighted by Gasteiger charge is 2.42. The summed E-state index contributed by atoms with van der Waals surface area (Å²) in [6.07, 6.45) is 2.43. The zero-order chi connectivity index (χ0) is 14.8. The lowest BCUT2D eigenvalue weighted by Gasteiger charge is -2.15. The standard InChI is InChI=1S/C13H17N3O3S/c14-8-10-1-2-12(11(15)7-10)20(18,19)16-9-13(3-4-13)5-6-17/h1-2,7,16-17H,3-6,9,15H2. The maximum Gasteiger partial charge on any atom is 0.242 e. The lowest BCUT2D eigenvalue weighted by Crippen LogP contribution is -2.31. The zero-order valence-corrected chi connectivity index (χ0v) is 11.8. The van der Waals surface area contributed by atoms with Crippen LogP contribution < -0.4 is 10.5 Å². The topological polar surface area (TPSA) is 116 Å². The lowest BCUT2D eigenvalue weighted by molar-refractivity contribution is 0.249. The summed E-state index contributed by atoms with van der Waals surface area (Å²) in [5, 5.41) is 17.7. The predicted molar refractivity (Wildman–Crippen MR) is 74.1 cm³/mol. The molecule has 4 N–H and O–H groups in total. The van der Waals surface area contributed by atoms with E-state index < -0.39 is 10.0 Å². The normalized spacial score (nSPS) is 16.6. The molecule has 1 fully saturated rings.